The SMILES string of the molecule is CC(C)=C/N=c1/ccccn1C. The molecule has 0 fully saturated rings. The Morgan fingerprint density at radius 3 is 2.75 bits per heavy atom. The van der Waals surface area contributed by atoms with Crippen LogP contribution in [0.15, 0.2) is 41.2 Å². The van der Waals surface area contributed by atoms with Crippen molar-refractivity contribution in [1.29, 1.82) is 0 Å². The molecule has 0 aliphatic rings. The number of rotatable bonds is 1. The molecule has 1 aromatic heterocycles. The van der Waals surface area contributed by atoms with Crippen molar-refractivity contribution in [3.8, 4) is 0 Å². The maximum absolute atomic E-state index is 4.31. The average molecular weight is 162 g/mol. The van der Waals surface area contributed by atoms with Crippen molar-refractivity contribution in [3.63, 3.8) is 0 Å². The third kappa shape index (κ3) is 2.38. The summed E-state index contributed by atoms with van der Waals surface area (Å²) in [5.41, 5.74) is 2.18. The summed E-state index contributed by atoms with van der Waals surface area (Å²) in [5.74, 6) is 0. The Bertz CT molecular complexity index is 341. The molecular weight excluding hydrogens is 148 g/mol. The highest BCUT2D eigenvalue weighted by atomic mass is 15.0. The van der Waals surface area contributed by atoms with E-state index in [9.17, 15) is 0 Å². The van der Waals surface area contributed by atoms with Crippen LogP contribution in [-0.4, -0.2) is 4.57 Å². The molecule has 2 nitrogen and oxygen atoms in total. The van der Waals surface area contributed by atoms with Gasteiger partial charge in [-0.15, -0.1) is 0 Å². The second-order valence-electron chi connectivity index (χ2n) is 3.01. The maximum atomic E-state index is 4.31. The minimum absolute atomic E-state index is 0.971. The maximum Gasteiger partial charge on any atom is 0.132 e. The van der Waals surface area contributed by atoms with E-state index in [-0.39, 0.29) is 0 Å². The summed E-state index contributed by atoms with van der Waals surface area (Å²) in [5, 5.41) is 0. The number of allylic oxidation sites excluding steroid dienone is 1. The van der Waals surface area contributed by atoms with Crippen LogP contribution < -0.4 is 5.49 Å². The normalized spacial score (nSPS) is 11.4. The average Bonchev–Trinajstić information content (AvgIpc) is 2.03. The molecule has 64 valence electrons. The van der Waals surface area contributed by atoms with Crippen LogP contribution in [0.3, 0.4) is 0 Å². The van der Waals surface area contributed by atoms with Gasteiger partial charge >= 0.3 is 0 Å². The fourth-order valence-electron chi connectivity index (χ4n) is 0.844. The van der Waals surface area contributed by atoms with Crippen molar-refractivity contribution < 1.29 is 0 Å². The van der Waals surface area contributed by atoms with Crippen LogP contribution in [0.5, 0.6) is 0 Å². The van der Waals surface area contributed by atoms with Crippen molar-refractivity contribution in [1.82, 2.24) is 4.57 Å². The zero-order valence-electron chi connectivity index (χ0n) is 7.78. The lowest BCUT2D eigenvalue weighted by atomic mass is 10.4. The lowest BCUT2D eigenvalue weighted by Crippen LogP contribution is -2.14. The zero-order valence-corrected chi connectivity index (χ0v) is 7.78. The Hall–Kier alpha value is -1.31. The van der Waals surface area contributed by atoms with Crippen LogP contribution in [-0.2, 0) is 7.05 Å². The van der Waals surface area contributed by atoms with Gasteiger partial charge in [0.1, 0.15) is 5.49 Å². The highest BCUT2D eigenvalue weighted by Crippen LogP contribution is 1.87. The van der Waals surface area contributed by atoms with Gasteiger partial charge in [0, 0.05) is 19.4 Å². The number of aryl methyl sites for hydroxylation is 1. The van der Waals surface area contributed by atoms with Gasteiger partial charge in [-0.2, -0.15) is 0 Å². The van der Waals surface area contributed by atoms with E-state index in [1.807, 2.05) is 56.1 Å². The highest BCUT2D eigenvalue weighted by Gasteiger charge is 1.81. The lowest BCUT2D eigenvalue weighted by Gasteiger charge is -1.95. The van der Waals surface area contributed by atoms with Gasteiger partial charge in [-0.1, -0.05) is 11.6 Å². The first-order valence-corrected chi connectivity index (χ1v) is 3.99. The molecule has 1 heterocycles. The molecule has 1 rings (SSSR count). The number of hydrogen-bond acceptors (Lipinski definition) is 1. The number of pyridine rings is 1. The van der Waals surface area contributed by atoms with E-state index in [0.717, 1.165) is 5.49 Å². The minimum Gasteiger partial charge on any atom is -0.336 e. The Labute approximate surface area is 72.9 Å². The van der Waals surface area contributed by atoms with E-state index >= 15 is 0 Å². The first-order valence-electron chi connectivity index (χ1n) is 3.99. The molecule has 0 saturated heterocycles. The van der Waals surface area contributed by atoms with Gasteiger partial charge < -0.3 is 4.57 Å². The molecule has 0 N–H and O–H groups in total. The Morgan fingerprint density at radius 1 is 1.42 bits per heavy atom. The van der Waals surface area contributed by atoms with Gasteiger partial charge in [0.2, 0.25) is 0 Å². The van der Waals surface area contributed by atoms with Gasteiger partial charge in [0.05, 0.1) is 0 Å². The van der Waals surface area contributed by atoms with E-state index in [2.05, 4.69) is 4.99 Å². The summed E-state index contributed by atoms with van der Waals surface area (Å²) in [4.78, 5) is 4.31. The summed E-state index contributed by atoms with van der Waals surface area (Å²) in [6, 6.07) is 5.96. The second kappa shape index (κ2) is 3.90. The summed E-state index contributed by atoms with van der Waals surface area (Å²) >= 11 is 0. The van der Waals surface area contributed by atoms with Gasteiger partial charge in [-0.25, -0.2) is 4.99 Å². The fourth-order valence-corrected chi connectivity index (χ4v) is 0.844. The molecule has 0 aromatic carbocycles. The van der Waals surface area contributed by atoms with Crippen LogP contribution in [0.25, 0.3) is 0 Å². The molecular formula is C10H14N2. The molecule has 0 unspecified atom stereocenters. The summed E-state index contributed by atoms with van der Waals surface area (Å²) in [6.45, 7) is 4.07. The fraction of sp³-hybridized carbons (Fsp3) is 0.300. The molecule has 0 bridgehead atoms. The summed E-state index contributed by atoms with van der Waals surface area (Å²) in [7, 11) is 1.98. The highest BCUT2D eigenvalue weighted by molar-refractivity contribution is 4.96. The van der Waals surface area contributed by atoms with Gasteiger partial charge in [0.25, 0.3) is 0 Å². The molecule has 0 saturated carbocycles. The first-order chi connectivity index (χ1) is 5.70. The topological polar surface area (TPSA) is 17.3 Å². The van der Waals surface area contributed by atoms with Gasteiger partial charge in [0.15, 0.2) is 0 Å². The van der Waals surface area contributed by atoms with Crippen molar-refractivity contribution >= 4 is 0 Å². The van der Waals surface area contributed by atoms with Crippen molar-refractivity contribution in [2.24, 2.45) is 12.0 Å². The van der Waals surface area contributed by atoms with E-state index in [1.165, 1.54) is 5.57 Å². The number of nitrogens with zero attached hydrogens (tertiary/aromatic N) is 2. The molecule has 0 aliphatic heterocycles. The van der Waals surface area contributed by atoms with Crippen LogP contribution in [0.4, 0.5) is 0 Å². The van der Waals surface area contributed by atoms with Gasteiger partial charge in [-0.3, -0.25) is 0 Å². The predicted octanol–water partition coefficient (Wildman–Crippen LogP) is 1.85. The second-order valence-corrected chi connectivity index (χ2v) is 3.01. The zero-order chi connectivity index (χ0) is 8.97. The Morgan fingerprint density at radius 2 is 2.17 bits per heavy atom. The van der Waals surface area contributed by atoms with Crippen LogP contribution in [0.2, 0.25) is 0 Å². The molecule has 0 amide bonds. The quantitative estimate of drug-likeness (QED) is 0.599. The molecule has 0 spiro atoms. The molecule has 2 heteroatoms. The van der Waals surface area contributed by atoms with Crippen molar-refractivity contribution in [2.45, 2.75) is 13.8 Å². The molecule has 0 radical (unpaired) electrons. The minimum atomic E-state index is 0.971. The monoisotopic (exact) mass is 162 g/mol. The third-order valence-corrected chi connectivity index (χ3v) is 1.48. The molecule has 1 aromatic rings. The molecule has 0 aliphatic carbocycles. The Kier molecular flexibility index (Phi) is 2.86. The summed E-state index contributed by atoms with van der Waals surface area (Å²) < 4.78 is 1.99. The van der Waals surface area contributed by atoms with Crippen LogP contribution >= 0.6 is 0 Å². The summed E-state index contributed by atoms with van der Waals surface area (Å²) in [6.07, 6.45) is 3.85. The standard InChI is InChI=1S/C10H14N2/c1-9(2)8-11-10-6-4-5-7-12(10)3/h4-8H,1-3H3/b11-10-. The number of hydrogen-bond donors (Lipinski definition) is 0. The molecule has 0 atom stereocenters. The van der Waals surface area contributed by atoms with E-state index < -0.39 is 0 Å². The van der Waals surface area contributed by atoms with E-state index in [4.69, 9.17) is 0 Å². The first kappa shape index (κ1) is 8.78. The van der Waals surface area contributed by atoms with E-state index in [1.54, 1.807) is 0 Å². The number of aromatic nitrogens is 1. The van der Waals surface area contributed by atoms with Crippen molar-refractivity contribution in [2.75, 3.05) is 0 Å². The largest absolute Gasteiger partial charge is 0.336 e. The Balaban J connectivity index is 3.11. The lowest BCUT2D eigenvalue weighted by molar-refractivity contribution is 0.833. The smallest absolute Gasteiger partial charge is 0.132 e. The van der Waals surface area contributed by atoms with E-state index in [0.29, 0.717) is 0 Å². The van der Waals surface area contributed by atoms with Crippen LogP contribution in [0.1, 0.15) is 13.8 Å². The third-order valence-electron chi connectivity index (χ3n) is 1.48. The van der Waals surface area contributed by atoms with Crippen LogP contribution in [0, 0.1) is 0 Å². The predicted molar refractivity (Wildman–Crippen MR) is 50.4 cm³/mol. The van der Waals surface area contributed by atoms with Crippen molar-refractivity contribution in [3.05, 3.63) is 41.7 Å². The van der Waals surface area contributed by atoms with Gasteiger partial charge in [-0.05, 0) is 26.0 Å². The molecule has 12 heavy (non-hydrogen) atoms.